The number of aromatic nitrogens is 2. The molecule has 0 bridgehead atoms. The molecule has 0 spiro atoms. The first-order chi connectivity index (χ1) is 12.2. The number of ether oxygens (including phenoxy) is 1. The fourth-order valence-corrected chi connectivity index (χ4v) is 3.91. The second-order valence-electron chi connectivity index (χ2n) is 6.22. The molecule has 4 rings (SSSR count). The SMILES string of the molecule is COc1ccc(-c2c3c(nn2-c2ccc(Cl)cc2Cl)CCCC3)cc1. The van der Waals surface area contributed by atoms with Gasteiger partial charge in [0.2, 0.25) is 0 Å². The van der Waals surface area contributed by atoms with Gasteiger partial charge in [0.1, 0.15) is 5.75 Å². The number of halogens is 2. The molecule has 2 aromatic carbocycles. The fraction of sp³-hybridized carbons (Fsp3) is 0.250. The van der Waals surface area contributed by atoms with Gasteiger partial charge in [0.15, 0.2) is 0 Å². The second kappa shape index (κ2) is 6.74. The van der Waals surface area contributed by atoms with E-state index in [1.54, 1.807) is 13.2 Å². The van der Waals surface area contributed by atoms with Crippen molar-refractivity contribution in [3.63, 3.8) is 0 Å². The number of aryl methyl sites for hydroxylation is 1. The van der Waals surface area contributed by atoms with Gasteiger partial charge in [0, 0.05) is 16.1 Å². The summed E-state index contributed by atoms with van der Waals surface area (Å²) in [5.74, 6) is 0.841. The molecule has 3 aromatic rings. The number of benzene rings is 2. The number of nitrogens with zero attached hydrogens (tertiary/aromatic N) is 2. The lowest BCUT2D eigenvalue weighted by atomic mass is 9.93. The van der Waals surface area contributed by atoms with Crippen molar-refractivity contribution in [2.24, 2.45) is 0 Å². The molecule has 0 saturated carbocycles. The smallest absolute Gasteiger partial charge is 0.118 e. The first kappa shape index (κ1) is 16.5. The Hall–Kier alpha value is -1.97. The minimum absolute atomic E-state index is 0.599. The number of methoxy groups -OCH3 is 1. The van der Waals surface area contributed by atoms with E-state index in [9.17, 15) is 0 Å². The van der Waals surface area contributed by atoms with Gasteiger partial charge in [-0.3, -0.25) is 0 Å². The minimum atomic E-state index is 0.599. The zero-order chi connectivity index (χ0) is 17.4. The van der Waals surface area contributed by atoms with E-state index in [2.05, 4.69) is 12.1 Å². The van der Waals surface area contributed by atoms with Crippen LogP contribution in [0.25, 0.3) is 16.9 Å². The minimum Gasteiger partial charge on any atom is -0.497 e. The first-order valence-corrected chi connectivity index (χ1v) is 9.13. The Labute approximate surface area is 157 Å². The molecule has 3 nitrogen and oxygen atoms in total. The van der Waals surface area contributed by atoms with E-state index >= 15 is 0 Å². The molecule has 0 saturated heterocycles. The number of fused-ring (bicyclic) bond motifs is 1. The Balaban J connectivity index is 1.93. The topological polar surface area (TPSA) is 27.1 Å². The van der Waals surface area contributed by atoms with Crippen LogP contribution in [0.1, 0.15) is 24.1 Å². The number of rotatable bonds is 3. The van der Waals surface area contributed by atoms with Gasteiger partial charge in [-0.2, -0.15) is 5.10 Å². The Morgan fingerprint density at radius 1 is 1.00 bits per heavy atom. The summed E-state index contributed by atoms with van der Waals surface area (Å²) in [6.45, 7) is 0. The predicted molar refractivity (Wildman–Crippen MR) is 102 cm³/mol. The molecule has 128 valence electrons. The lowest BCUT2D eigenvalue weighted by molar-refractivity contribution is 0.415. The summed E-state index contributed by atoms with van der Waals surface area (Å²) in [7, 11) is 1.68. The van der Waals surface area contributed by atoms with Gasteiger partial charge >= 0.3 is 0 Å². The summed E-state index contributed by atoms with van der Waals surface area (Å²) >= 11 is 12.5. The van der Waals surface area contributed by atoms with Gasteiger partial charge < -0.3 is 4.74 Å². The zero-order valence-electron chi connectivity index (χ0n) is 13.9. The van der Waals surface area contributed by atoms with Gasteiger partial charge in [0.05, 0.1) is 29.2 Å². The zero-order valence-corrected chi connectivity index (χ0v) is 15.4. The van der Waals surface area contributed by atoms with Gasteiger partial charge in [-0.1, -0.05) is 23.2 Å². The summed E-state index contributed by atoms with van der Waals surface area (Å²) in [5, 5.41) is 6.11. The lowest BCUT2D eigenvalue weighted by Crippen LogP contribution is -2.01. The van der Waals surface area contributed by atoms with Crippen LogP contribution < -0.4 is 4.74 Å². The highest BCUT2D eigenvalue weighted by Crippen LogP contribution is 2.36. The fourth-order valence-electron chi connectivity index (χ4n) is 3.43. The van der Waals surface area contributed by atoms with Crippen LogP contribution in [0.5, 0.6) is 5.75 Å². The van der Waals surface area contributed by atoms with E-state index in [0.29, 0.717) is 10.0 Å². The third-order valence-electron chi connectivity index (χ3n) is 4.66. The highest BCUT2D eigenvalue weighted by molar-refractivity contribution is 6.35. The first-order valence-electron chi connectivity index (χ1n) is 8.38. The molecule has 0 amide bonds. The number of hydrogen-bond acceptors (Lipinski definition) is 2. The molecule has 1 aromatic heterocycles. The highest BCUT2D eigenvalue weighted by Gasteiger charge is 2.23. The van der Waals surface area contributed by atoms with Crippen molar-refractivity contribution in [1.29, 1.82) is 0 Å². The van der Waals surface area contributed by atoms with E-state index in [-0.39, 0.29) is 0 Å². The Morgan fingerprint density at radius 2 is 1.76 bits per heavy atom. The lowest BCUT2D eigenvalue weighted by Gasteiger charge is -2.13. The van der Waals surface area contributed by atoms with Crippen LogP contribution in [-0.4, -0.2) is 16.9 Å². The van der Waals surface area contributed by atoms with E-state index in [1.165, 1.54) is 24.1 Å². The number of hydrogen-bond donors (Lipinski definition) is 0. The van der Waals surface area contributed by atoms with E-state index in [4.69, 9.17) is 33.0 Å². The Morgan fingerprint density at radius 3 is 2.48 bits per heavy atom. The monoisotopic (exact) mass is 372 g/mol. The van der Waals surface area contributed by atoms with Crippen LogP contribution in [-0.2, 0) is 12.8 Å². The largest absolute Gasteiger partial charge is 0.497 e. The van der Waals surface area contributed by atoms with Crippen LogP contribution in [0.15, 0.2) is 42.5 Å². The van der Waals surface area contributed by atoms with E-state index in [1.807, 2.05) is 28.9 Å². The molecular formula is C20H18Cl2N2O. The van der Waals surface area contributed by atoms with Gasteiger partial charge in [-0.25, -0.2) is 4.68 Å². The molecule has 1 aliphatic rings. The molecular weight excluding hydrogens is 355 g/mol. The summed E-state index contributed by atoms with van der Waals surface area (Å²) in [6.07, 6.45) is 4.43. The standard InChI is InChI=1S/C20H18Cl2N2O/c1-25-15-9-6-13(7-10-15)20-16-4-2-3-5-18(16)23-24(20)19-11-8-14(21)12-17(19)22/h6-12H,2-5H2,1H3. The van der Waals surface area contributed by atoms with Gasteiger partial charge in [-0.15, -0.1) is 0 Å². The molecule has 1 aliphatic carbocycles. The quantitative estimate of drug-likeness (QED) is 0.586. The van der Waals surface area contributed by atoms with E-state index in [0.717, 1.165) is 35.5 Å². The molecule has 0 radical (unpaired) electrons. The molecule has 0 fully saturated rings. The average molecular weight is 373 g/mol. The average Bonchev–Trinajstić information content (AvgIpc) is 3.01. The van der Waals surface area contributed by atoms with Crippen LogP contribution >= 0.6 is 23.2 Å². The van der Waals surface area contributed by atoms with Crippen LogP contribution in [0.3, 0.4) is 0 Å². The summed E-state index contributed by atoms with van der Waals surface area (Å²) in [6, 6.07) is 13.6. The molecule has 5 heteroatoms. The third-order valence-corrected chi connectivity index (χ3v) is 5.20. The molecule has 0 unspecified atom stereocenters. The Kier molecular flexibility index (Phi) is 4.45. The maximum atomic E-state index is 6.47. The molecule has 0 N–H and O–H groups in total. The molecule has 1 heterocycles. The van der Waals surface area contributed by atoms with Gasteiger partial charge in [0.25, 0.3) is 0 Å². The summed E-state index contributed by atoms with van der Waals surface area (Å²) in [5.41, 5.74) is 5.57. The maximum Gasteiger partial charge on any atom is 0.118 e. The van der Waals surface area contributed by atoms with Crippen molar-refractivity contribution < 1.29 is 4.74 Å². The van der Waals surface area contributed by atoms with Crippen molar-refractivity contribution in [3.8, 4) is 22.7 Å². The van der Waals surface area contributed by atoms with Crippen molar-refractivity contribution in [2.75, 3.05) is 7.11 Å². The summed E-state index contributed by atoms with van der Waals surface area (Å²) in [4.78, 5) is 0. The highest BCUT2D eigenvalue weighted by atomic mass is 35.5. The maximum absolute atomic E-state index is 6.47. The summed E-state index contributed by atoms with van der Waals surface area (Å²) < 4.78 is 7.26. The second-order valence-corrected chi connectivity index (χ2v) is 7.06. The Bertz CT molecular complexity index is 916. The molecule has 0 atom stereocenters. The van der Waals surface area contributed by atoms with Crippen LogP contribution in [0, 0.1) is 0 Å². The van der Waals surface area contributed by atoms with Crippen molar-refractivity contribution in [1.82, 2.24) is 9.78 Å². The van der Waals surface area contributed by atoms with Gasteiger partial charge in [-0.05, 0) is 68.1 Å². The van der Waals surface area contributed by atoms with Crippen molar-refractivity contribution >= 4 is 23.2 Å². The predicted octanol–water partition coefficient (Wildman–Crippen LogP) is 5.73. The normalized spacial score (nSPS) is 13.6. The third kappa shape index (κ3) is 3.03. The van der Waals surface area contributed by atoms with E-state index < -0.39 is 0 Å². The molecule has 25 heavy (non-hydrogen) atoms. The van der Waals surface area contributed by atoms with Crippen LogP contribution in [0.2, 0.25) is 10.0 Å². The molecule has 0 aliphatic heterocycles. The van der Waals surface area contributed by atoms with Crippen molar-refractivity contribution in [3.05, 3.63) is 63.8 Å². The van der Waals surface area contributed by atoms with Crippen LogP contribution in [0.4, 0.5) is 0 Å². The van der Waals surface area contributed by atoms with Crippen molar-refractivity contribution in [2.45, 2.75) is 25.7 Å².